The molecule has 108 valence electrons. The number of nitrogens with zero attached hydrogens (tertiary/aromatic N) is 1. The number of hydrogen-bond acceptors (Lipinski definition) is 4. The molecular weight excluding hydrogens is 258 g/mol. The Morgan fingerprint density at radius 1 is 1.45 bits per heavy atom. The SMILES string of the molecule is Cc1ccc([N+](=O)[O-])cc1C(=O)NCC1CCNCC1. The van der Waals surface area contributed by atoms with Gasteiger partial charge in [-0.2, -0.15) is 0 Å². The summed E-state index contributed by atoms with van der Waals surface area (Å²) >= 11 is 0. The first-order valence-corrected chi connectivity index (χ1v) is 6.82. The van der Waals surface area contributed by atoms with Crippen molar-refractivity contribution in [2.75, 3.05) is 19.6 Å². The zero-order valence-electron chi connectivity index (χ0n) is 11.5. The molecule has 0 saturated carbocycles. The van der Waals surface area contributed by atoms with Crippen LogP contribution in [-0.2, 0) is 0 Å². The summed E-state index contributed by atoms with van der Waals surface area (Å²) in [5, 5.41) is 16.9. The lowest BCUT2D eigenvalue weighted by Crippen LogP contribution is -2.36. The summed E-state index contributed by atoms with van der Waals surface area (Å²) in [4.78, 5) is 22.4. The van der Waals surface area contributed by atoms with Crippen LogP contribution < -0.4 is 10.6 Å². The summed E-state index contributed by atoms with van der Waals surface area (Å²) in [6.07, 6.45) is 2.10. The topological polar surface area (TPSA) is 84.3 Å². The molecule has 0 atom stereocenters. The van der Waals surface area contributed by atoms with Gasteiger partial charge in [-0.25, -0.2) is 0 Å². The molecule has 1 aromatic carbocycles. The molecule has 0 radical (unpaired) electrons. The Morgan fingerprint density at radius 3 is 2.80 bits per heavy atom. The molecule has 6 nitrogen and oxygen atoms in total. The van der Waals surface area contributed by atoms with Crippen LogP contribution in [0.1, 0.15) is 28.8 Å². The van der Waals surface area contributed by atoms with E-state index < -0.39 is 4.92 Å². The van der Waals surface area contributed by atoms with Gasteiger partial charge in [-0.3, -0.25) is 14.9 Å². The normalized spacial score (nSPS) is 15.8. The summed E-state index contributed by atoms with van der Waals surface area (Å²) in [6.45, 7) is 4.37. The van der Waals surface area contributed by atoms with Crippen LogP contribution in [0.25, 0.3) is 0 Å². The van der Waals surface area contributed by atoms with Crippen LogP contribution in [0.4, 0.5) is 5.69 Å². The lowest BCUT2D eigenvalue weighted by atomic mass is 9.98. The number of aryl methyl sites for hydroxylation is 1. The molecule has 2 rings (SSSR count). The van der Waals surface area contributed by atoms with Crippen molar-refractivity contribution in [2.24, 2.45) is 5.92 Å². The maximum atomic E-state index is 12.1. The van der Waals surface area contributed by atoms with Crippen LogP contribution in [0, 0.1) is 23.0 Å². The number of benzene rings is 1. The van der Waals surface area contributed by atoms with Crippen molar-refractivity contribution < 1.29 is 9.72 Å². The Kier molecular flexibility index (Phi) is 4.68. The molecule has 0 bridgehead atoms. The zero-order valence-corrected chi connectivity index (χ0v) is 11.5. The number of piperidine rings is 1. The second-order valence-electron chi connectivity index (χ2n) is 5.16. The van der Waals surface area contributed by atoms with Gasteiger partial charge in [0.15, 0.2) is 0 Å². The number of carbonyl (C=O) groups excluding carboxylic acids is 1. The fourth-order valence-electron chi connectivity index (χ4n) is 2.39. The van der Waals surface area contributed by atoms with Gasteiger partial charge in [-0.1, -0.05) is 6.07 Å². The number of nitrogens with one attached hydrogen (secondary N) is 2. The van der Waals surface area contributed by atoms with Crippen LogP contribution >= 0.6 is 0 Å². The lowest BCUT2D eigenvalue weighted by molar-refractivity contribution is -0.384. The highest BCUT2D eigenvalue weighted by Gasteiger charge is 2.17. The quantitative estimate of drug-likeness (QED) is 0.647. The number of nitro benzene ring substituents is 1. The van der Waals surface area contributed by atoms with Crippen molar-refractivity contribution in [3.63, 3.8) is 0 Å². The predicted octanol–water partition coefficient (Wildman–Crippen LogP) is 1.63. The van der Waals surface area contributed by atoms with Crippen molar-refractivity contribution in [3.8, 4) is 0 Å². The Morgan fingerprint density at radius 2 is 2.15 bits per heavy atom. The van der Waals surface area contributed by atoms with Crippen molar-refractivity contribution in [3.05, 3.63) is 39.4 Å². The van der Waals surface area contributed by atoms with Crippen molar-refractivity contribution in [1.29, 1.82) is 0 Å². The van der Waals surface area contributed by atoms with Gasteiger partial charge in [0.25, 0.3) is 11.6 Å². The highest BCUT2D eigenvalue weighted by atomic mass is 16.6. The van der Waals surface area contributed by atoms with Gasteiger partial charge in [0.2, 0.25) is 0 Å². The second-order valence-corrected chi connectivity index (χ2v) is 5.16. The summed E-state index contributed by atoms with van der Waals surface area (Å²) in [7, 11) is 0. The third-order valence-electron chi connectivity index (χ3n) is 3.69. The lowest BCUT2D eigenvalue weighted by Gasteiger charge is -2.22. The number of nitro groups is 1. The Bertz CT molecular complexity index is 510. The fourth-order valence-corrected chi connectivity index (χ4v) is 2.39. The molecule has 6 heteroatoms. The number of non-ortho nitro benzene ring substituents is 1. The van der Waals surface area contributed by atoms with Crippen LogP contribution in [0.5, 0.6) is 0 Å². The summed E-state index contributed by atoms with van der Waals surface area (Å²) in [5.74, 6) is 0.254. The number of hydrogen-bond donors (Lipinski definition) is 2. The smallest absolute Gasteiger partial charge is 0.270 e. The summed E-state index contributed by atoms with van der Waals surface area (Å²) in [6, 6.07) is 4.36. The molecule has 1 heterocycles. The fraction of sp³-hybridized carbons (Fsp3) is 0.500. The monoisotopic (exact) mass is 277 g/mol. The molecule has 1 saturated heterocycles. The summed E-state index contributed by atoms with van der Waals surface area (Å²) in [5.41, 5.74) is 1.08. The molecule has 1 aliphatic heterocycles. The van der Waals surface area contributed by atoms with Crippen molar-refractivity contribution in [2.45, 2.75) is 19.8 Å². The van der Waals surface area contributed by atoms with Gasteiger partial charge in [-0.05, 0) is 44.3 Å². The van der Waals surface area contributed by atoms with E-state index in [-0.39, 0.29) is 11.6 Å². The largest absolute Gasteiger partial charge is 0.352 e. The molecule has 1 amide bonds. The maximum absolute atomic E-state index is 12.1. The van der Waals surface area contributed by atoms with Crippen molar-refractivity contribution in [1.82, 2.24) is 10.6 Å². The van der Waals surface area contributed by atoms with Crippen LogP contribution in [0.2, 0.25) is 0 Å². The second kappa shape index (κ2) is 6.47. The van der Waals surface area contributed by atoms with E-state index in [0.717, 1.165) is 31.5 Å². The molecular formula is C14H19N3O3. The molecule has 0 aliphatic carbocycles. The van der Waals surface area contributed by atoms with Crippen LogP contribution in [-0.4, -0.2) is 30.5 Å². The average Bonchev–Trinajstić information content (AvgIpc) is 2.46. The first kappa shape index (κ1) is 14.5. The minimum atomic E-state index is -0.483. The molecule has 1 aliphatic rings. The van der Waals surface area contributed by atoms with Gasteiger partial charge in [0, 0.05) is 24.2 Å². The standard InChI is InChI=1S/C14H19N3O3/c1-10-2-3-12(17(19)20)8-13(10)14(18)16-9-11-4-6-15-7-5-11/h2-3,8,11,15H,4-7,9H2,1H3,(H,16,18). The van der Waals surface area contributed by atoms with Gasteiger partial charge in [-0.15, -0.1) is 0 Å². The van der Waals surface area contributed by atoms with E-state index in [4.69, 9.17) is 0 Å². The van der Waals surface area contributed by atoms with Gasteiger partial charge in [0.1, 0.15) is 0 Å². The van der Waals surface area contributed by atoms with Crippen LogP contribution in [0.15, 0.2) is 18.2 Å². The number of carbonyl (C=O) groups is 1. The Hall–Kier alpha value is -1.95. The van der Waals surface area contributed by atoms with E-state index >= 15 is 0 Å². The van der Waals surface area contributed by atoms with Crippen molar-refractivity contribution >= 4 is 11.6 Å². The molecule has 0 aromatic heterocycles. The van der Waals surface area contributed by atoms with Gasteiger partial charge in [0.05, 0.1) is 4.92 Å². The molecule has 1 fully saturated rings. The van der Waals surface area contributed by atoms with Gasteiger partial charge < -0.3 is 10.6 Å². The third-order valence-corrected chi connectivity index (χ3v) is 3.69. The van der Waals surface area contributed by atoms with Gasteiger partial charge >= 0.3 is 0 Å². The predicted molar refractivity (Wildman–Crippen MR) is 75.8 cm³/mol. The highest BCUT2D eigenvalue weighted by Crippen LogP contribution is 2.17. The van der Waals surface area contributed by atoms with Crippen LogP contribution in [0.3, 0.4) is 0 Å². The van der Waals surface area contributed by atoms with E-state index in [0.29, 0.717) is 18.0 Å². The Balaban J connectivity index is 2.00. The molecule has 0 unspecified atom stereocenters. The first-order valence-electron chi connectivity index (χ1n) is 6.82. The highest BCUT2D eigenvalue weighted by molar-refractivity contribution is 5.96. The molecule has 0 spiro atoms. The number of rotatable bonds is 4. The third kappa shape index (κ3) is 3.54. The zero-order chi connectivity index (χ0) is 14.5. The minimum absolute atomic E-state index is 0.0531. The summed E-state index contributed by atoms with van der Waals surface area (Å²) < 4.78 is 0. The first-order chi connectivity index (χ1) is 9.58. The van der Waals surface area contributed by atoms with E-state index in [1.54, 1.807) is 13.0 Å². The van der Waals surface area contributed by atoms with E-state index in [9.17, 15) is 14.9 Å². The van der Waals surface area contributed by atoms with E-state index in [1.165, 1.54) is 12.1 Å². The van der Waals surface area contributed by atoms with E-state index in [2.05, 4.69) is 10.6 Å². The molecule has 1 aromatic rings. The number of amides is 1. The Labute approximate surface area is 117 Å². The average molecular weight is 277 g/mol. The minimum Gasteiger partial charge on any atom is -0.352 e. The van der Waals surface area contributed by atoms with E-state index in [1.807, 2.05) is 0 Å². The maximum Gasteiger partial charge on any atom is 0.270 e. The molecule has 2 N–H and O–H groups in total. The molecule has 20 heavy (non-hydrogen) atoms.